The summed E-state index contributed by atoms with van der Waals surface area (Å²) in [5, 5.41) is 12.4. The molecule has 0 aliphatic rings. The van der Waals surface area contributed by atoms with Crippen LogP contribution in [0.3, 0.4) is 0 Å². The molecule has 0 aliphatic heterocycles. The number of carbonyl (C=O) groups excluding carboxylic acids is 1. The van der Waals surface area contributed by atoms with Gasteiger partial charge in [0, 0.05) is 12.1 Å². The van der Waals surface area contributed by atoms with E-state index in [0.717, 1.165) is 63.4 Å². The van der Waals surface area contributed by atoms with Gasteiger partial charge in [0.25, 0.3) is 5.91 Å². The number of phenols is 1. The zero-order valence-electron chi connectivity index (χ0n) is 22.4. The number of hydrogen-bond donors (Lipinski definition) is 2. The molecule has 0 heterocycles. The van der Waals surface area contributed by atoms with E-state index in [-0.39, 0.29) is 11.7 Å². The number of ether oxygens (including phenoxy) is 3. The molecule has 0 radical (unpaired) electrons. The van der Waals surface area contributed by atoms with Gasteiger partial charge >= 0.3 is 0 Å². The standard InChI is InChI=1S/C30H45NO5/c1-4-7-10-19-34-27-22-25(30(33)31-18-17-24-13-15-26(32)16-14-24)23-28(35-20-11-8-5-2)29(27)36-21-12-9-6-3/h13-16,22-23,32H,4-12,17-21H2,1-3H3,(H,31,33). The van der Waals surface area contributed by atoms with Crippen molar-refractivity contribution in [2.75, 3.05) is 26.4 Å². The number of aromatic hydroxyl groups is 1. The van der Waals surface area contributed by atoms with Gasteiger partial charge in [-0.2, -0.15) is 0 Å². The molecule has 0 bridgehead atoms. The first-order valence-corrected chi connectivity index (χ1v) is 13.7. The fourth-order valence-corrected chi connectivity index (χ4v) is 3.74. The zero-order chi connectivity index (χ0) is 26.0. The summed E-state index contributed by atoms with van der Waals surface area (Å²) in [5.74, 6) is 1.79. The smallest absolute Gasteiger partial charge is 0.251 e. The van der Waals surface area contributed by atoms with E-state index in [4.69, 9.17) is 14.2 Å². The Labute approximate surface area is 217 Å². The number of unbranched alkanes of at least 4 members (excludes halogenated alkanes) is 6. The molecule has 200 valence electrons. The Morgan fingerprint density at radius 3 is 1.75 bits per heavy atom. The summed E-state index contributed by atoms with van der Waals surface area (Å²) in [7, 11) is 0. The molecule has 0 spiro atoms. The van der Waals surface area contributed by atoms with Crippen LogP contribution in [0.25, 0.3) is 0 Å². The minimum absolute atomic E-state index is 0.178. The van der Waals surface area contributed by atoms with Crippen molar-refractivity contribution in [3.05, 3.63) is 47.5 Å². The highest BCUT2D eigenvalue weighted by Gasteiger charge is 2.19. The van der Waals surface area contributed by atoms with Gasteiger partial charge in [0.05, 0.1) is 19.8 Å². The molecular weight excluding hydrogens is 454 g/mol. The van der Waals surface area contributed by atoms with Crippen molar-refractivity contribution in [2.24, 2.45) is 0 Å². The van der Waals surface area contributed by atoms with Gasteiger partial charge in [0.2, 0.25) is 5.75 Å². The minimum atomic E-state index is -0.178. The predicted octanol–water partition coefficient (Wildman–Crippen LogP) is 7.07. The van der Waals surface area contributed by atoms with Crippen LogP contribution < -0.4 is 19.5 Å². The Hall–Kier alpha value is -2.89. The van der Waals surface area contributed by atoms with Crippen molar-refractivity contribution in [3.8, 4) is 23.0 Å². The van der Waals surface area contributed by atoms with Gasteiger partial charge in [-0.1, -0.05) is 71.4 Å². The molecule has 2 aromatic rings. The van der Waals surface area contributed by atoms with Gasteiger partial charge in [-0.05, 0) is 55.5 Å². The Morgan fingerprint density at radius 2 is 1.25 bits per heavy atom. The van der Waals surface area contributed by atoms with Crippen molar-refractivity contribution in [1.82, 2.24) is 5.32 Å². The van der Waals surface area contributed by atoms with E-state index >= 15 is 0 Å². The summed E-state index contributed by atoms with van der Waals surface area (Å²) in [6.07, 6.45) is 10.1. The lowest BCUT2D eigenvalue weighted by atomic mass is 10.1. The maximum absolute atomic E-state index is 13.1. The number of amides is 1. The van der Waals surface area contributed by atoms with Crippen LogP contribution >= 0.6 is 0 Å². The van der Waals surface area contributed by atoms with E-state index in [2.05, 4.69) is 26.1 Å². The molecule has 1 amide bonds. The molecule has 0 fully saturated rings. The van der Waals surface area contributed by atoms with Gasteiger partial charge in [0.15, 0.2) is 11.5 Å². The van der Waals surface area contributed by atoms with Crippen LogP contribution in [0.5, 0.6) is 23.0 Å². The van der Waals surface area contributed by atoms with Crippen molar-refractivity contribution in [2.45, 2.75) is 85.0 Å². The number of phenolic OH excluding ortho intramolecular Hbond substituents is 1. The topological polar surface area (TPSA) is 77.0 Å². The summed E-state index contributed by atoms with van der Waals surface area (Å²) in [6, 6.07) is 10.6. The number of rotatable bonds is 19. The molecule has 6 nitrogen and oxygen atoms in total. The SMILES string of the molecule is CCCCCOc1cc(C(=O)NCCc2ccc(O)cc2)cc(OCCCCC)c1OCCCCC. The van der Waals surface area contributed by atoms with E-state index in [0.29, 0.717) is 55.6 Å². The fraction of sp³-hybridized carbons (Fsp3) is 0.567. The molecule has 0 saturated heterocycles. The molecule has 0 aromatic heterocycles. The van der Waals surface area contributed by atoms with Crippen LogP contribution in [-0.4, -0.2) is 37.4 Å². The van der Waals surface area contributed by atoms with Crippen molar-refractivity contribution in [3.63, 3.8) is 0 Å². The molecular formula is C30H45NO5. The largest absolute Gasteiger partial charge is 0.508 e. The third-order valence-corrected chi connectivity index (χ3v) is 5.92. The molecule has 2 aromatic carbocycles. The summed E-state index contributed by atoms with van der Waals surface area (Å²) in [6.45, 7) is 8.70. The van der Waals surface area contributed by atoms with Crippen LogP contribution in [0.4, 0.5) is 0 Å². The van der Waals surface area contributed by atoms with Gasteiger partial charge < -0.3 is 24.6 Å². The lowest BCUT2D eigenvalue weighted by Crippen LogP contribution is -2.26. The quantitative estimate of drug-likeness (QED) is 0.202. The lowest BCUT2D eigenvalue weighted by Gasteiger charge is -2.19. The first kappa shape index (κ1) is 29.3. The van der Waals surface area contributed by atoms with Crippen molar-refractivity contribution < 1.29 is 24.1 Å². The fourth-order valence-electron chi connectivity index (χ4n) is 3.74. The van der Waals surface area contributed by atoms with E-state index in [1.54, 1.807) is 24.3 Å². The number of carbonyl (C=O) groups is 1. The maximum Gasteiger partial charge on any atom is 0.251 e. The van der Waals surface area contributed by atoms with E-state index in [1.165, 1.54) is 0 Å². The van der Waals surface area contributed by atoms with E-state index < -0.39 is 0 Å². The average Bonchev–Trinajstić information content (AvgIpc) is 2.88. The second-order valence-corrected chi connectivity index (χ2v) is 9.14. The average molecular weight is 500 g/mol. The monoisotopic (exact) mass is 499 g/mol. The van der Waals surface area contributed by atoms with Gasteiger partial charge in [0.1, 0.15) is 5.75 Å². The van der Waals surface area contributed by atoms with Crippen LogP contribution in [-0.2, 0) is 6.42 Å². The second-order valence-electron chi connectivity index (χ2n) is 9.14. The maximum atomic E-state index is 13.1. The molecule has 2 N–H and O–H groups in total. The Kier molecular flexibility index (Phi) is 14.3. The Balaban J connectivity index is 2.19. The van der Waals surface area contributed by atoms with Crippen LogP contribution in [0, 0.1) is 0 Å². The van der Waals surface area contributed by atoms with Crippen molar-refractivity contribution >= 4 is 5.91 Å². The Bertz CT molecular complexity index is 848. The second kappa shape index (κ2) is 17.5. The number of benzene rings is 2. The minimum Gasteiger partial charge on any atom is -0.508 e. The number of hydrogen-bond acceptors (Lipinski definition) is 5. The zero-order valence-corrected chi connectivity index (χ0v) is 22.4. The van der Waals surface area contributed by atoms with Gasteiger partial charge in [-0.3, -0.25) is 4.79 Å². The highest BCUT2D eigenvalue weighted by Crippen LogP contribution is 2.39. The molecule has 0 saturated carbocycles. The Morgan fingerprint density at radius 1 is 0.750 bits per heavy atom. The van der Waals surface area contributed by atoms with Gasteiger partial charge in [-0.25, -0.2) is 0 Å². The van der Waals surface area contributed by atoms with Crippen LogP contribution in [0.15, 0.2) is 36.4 Å². The molecule has 2 rings (SSSR count). The normalized spacial score (nSPS) is 10.8. The summed E-state index contributed by atoms with van der Waals surface area (Å²) in [4.78, 5) is 13.1. The van der Waals surface area contributed by atoms with Crippen LogP contribution in [0.2, 0.25) is 0 Å². The highest BCUT2D eigenvalue weighted by atomic mass is 16.5. The molecule has 0 aliphatic carbocycles. The molecule has 0 unspecified atom stereocenters. The predicted molar refractivity (Wildman–Crippen MR) is 146 cm³/mol. The summed E-state index contributed by atoms with van der Waals surface area (Å²) < 4.78 is 18.4. The molecule has 6 heteroatoms. The van der Waals surface area contributed by atoms with E-state index in [1.807, 2.05) is 12.1 Å². The molecule has 36 heavy (non-hydrogen) atoms. The first-order valence-electron chi connectivity index (χ1n) is 13.7. The first-order chi connectivity index (χ1) is 17.6. The van der Waals surface area contributed by atoms with Crippen LogP contribution in [0.1, 0.15) is 94.5 Å². The third-order valence-electron chi connectivity index (χ3n) is 5.92. The lowest BCUT2D eigenvalue weighted by molar-refractivity contribution is 0.0953. The number of nitrogens with one attached hydrogen (secondary N) is 1. The summed E-state index contributed by atoms with van der Waals surface area (Å²) >= 11 is 0. The van der Waals surface area contributed by atoms with E-state index in [9.17, 15) is 9.90 Å². The van der Waals surface area contributed by atoms with Crippen molar-refractivity contribution in [1.29, 1.82) is 0 Å². The molecule has 0 atom stereocenters. The third kappa shape index (κ3) is 10.8. The highest BCUT2D eigenvalue weighted by molar-refractivity contribution is 5.95. The summed E-state index contributed by atoms with van der Waals surface area (Å²) in [5.41, 5.74) is 1.54. The van der Waals surface area contributed by atoms with Gasteiger partial charge in [-0.15, -0.1) is 0 Å².